The van der Waals surface area contributed by atoms with E-state index in [4.69, 9.17) is 9.47 Å². The van der Waals surface area contributed by atoms with Crippen LogP contribution in [0.5, 0.6) is 0 Å². The Balaban J connectivity index is 1.49. The van der Waals surface area contributed by atoms with Gasteiger partial charge in [-0.15, -0.1) is 0 Å². The number of fused-ring (bicyclic) bond motifs is 1. The minimum atomic E-state index is -4.62. The lowest BCUT2D eigenvalue weighted by Gasteiger charge is -2.31. The summed E-state index contributed by atoms with van der Waals surface area (Å²) in [7, 11) is 0. The maximum absolute atomic E-state index is 13.9. The van der Waals surface area contributed by atoms with Crippen molar-refractivity contribution in [2.24, 2.45) is 0 Å². The first kappa shape index (κ1) is 31.8. The van der Waals surface area contributed by atoms with Gasteiger partial charge in [0.1, 0.15) is 5.60 Å². The molecule has 11 heteroatoms. The van der Waals surface area contributed by atoms with Crippen molar-refractivity contribution in [3.8, 4) is 0 Å². The SMILES string of the molecule is CCCOC(=O)Cc1ccccc1CCc1nc(Nc2ccc3c(c2)CCN(C(=O)OC(C)(C)C)C3)ncc1C(F)(F)F. The Morgan fingerprint density at radius 1 is 1.02 bits per heavy atom. The zero-order chi connectivity index (χ0) is 31.2. The summed E-state index contributed by atoms with van der Waals surface area (Å²) in [6.07, 6.45) is -2.58. The average molecular weight is 599 g/mol. The molecule has 3 aromatic rings. The lowest BCUT2D eigenvalue weighted by atomic mass is 9.98. The van der Waals surface area contributed by atoms with E-state index in [-0.39, 0.29) is 43.0 Å². The van der Waals surface area contributed by atoms with Crippen LogP contribution in [0.2, 0.25) is 0 Å². The Labute approximate surface area is 249 Å². The molecule has 8 nitrogen and oxygen atoms in total. The predicted octanol–water partition coefficient (Wildman–Crippen LogP) is 6.81. The third-order valence-corrected chi connectivity index (χ3v) is 6.85. The number of carbonyl (C=O) groups excluding carboxylic acids is 2. The van der Waals surface area contributed by atoms with Gasteiger partial charge in [0.2, 0.25) is 5.95 Å². The number of rotatable bonds is 9. The number of halogens is 3. The molecule has 43 heavy (non-hydrogen) atoms. The van der Waals surface area contributed by atoms with Crippen molar-refractivity contribution in [2.45, 2.75) is 78.1 Å². The van der Waals surface area contributed by atoms with E-state index >= 15 is 0 Å². The van der Waals surface area contributed by atoms with Crippen molar-refractivity contribution >= 4 is 23.7 Å². The number of nitrogens with one attached hydrogen (secondary N) is 1. The number of ether oxygens (including phenoxy) is 2. The van der Waals surface area contributed by atoms with E-state index in [9.17, 15) is 22.8 Å². The first-order valence-electron chi connectivity index (χ1n) is 14.3. The van der Waals surface area contributed by atoms with E-state index < -0.39 is 17.3 Å². The van der Waals surface area contributed by atoms with Crippen LogP contribution in [0.15, 0.2) is 48.7 Å². The van der Waals surface area contributed by atoms with Crippen LogP contribution in [0.25, 0.3) is 0 Å². The smallest absolute Gasteiger partial charge is 0.419 e. The van der Waals surface area contributed by atoms with Crippen molar-refractivity contribution < 1.29 is 32.2 Å². The molecule has 0 aliphatic carbocycles. The highest BCUT2D eigenvalue weighted by Gasteiger charge is 2.35. The van der Waals surface area contributed by atoms with Gasteiger partial charge >= 0.3 is 18.2 Å². The zero-order valence-electron chi connectivity index (χ0n) is 24.9. The number of anilines is 2. The van der Waals surface area contributed by atoms with Crippen LogP contribution >= 0.6 is 0 Å². The Morgan fingerprint density at radius 2 is 1.77 bits per heavy atom. The second-order valence-electron chi connectivity index (χ2n) is 11.5. The van der Waals surface area contributed by atoms with Gasteiger partial charge in [-0.1, -0.05) is 37.3 Å². The summed E-state index contributed by atoms with van der Waals surface area (Å²) < 4.78 is 52.3. The maximum atomic E-state index is 13.9. The molecule has 1 aromatic heterocycles. The number of carbonyl (C=O) groups is 2. The van der Waals surface area contributed by atoms with Crippen LogP contribution in [-0.4, -0.2) is 45.7 Å². The van der Waals surface area contributed by atoms with Crippen LogP contribution in [0.3, 0.4) is 0 Å². The molecular formula is C32H37F3N4O4. The van der Waals surface area contributed by atoms with E-state index in [0.29, 0.717) is 43.8 Å². The molecule has 1 aliphatic heterocycles. The molecule has 0 saturated carbocycles. The molecule has 0 spiro atoms. The molecular weight excluding hydrogens is 561 g/mol. The van der Waals surface area contributed by atoms with E-state index in [1.54, 1.807) is 35.2 Å². The largest absolute Gasteiger partial charge is 0.465 e. The van der Waals surface area contributed by atoms with Crippen LogP contribution in [-0.2, 0) is 52.7 Å². The second kappa shape index (κ2) is 13.4. The van der Waals surface area contributed by atoms with Crippen LogP contribution in [0, 0.1) is 0 Å². The number of alkyl halides is 3. The summed E-state index contributed by atoms with van der Waals surface area (Å²) in [5.41, 5.74) is 2.46. The van der Waals surface area contributed by atoms with Gasteiger partial charge in [-0.05, 0) is 80.8 Å². The summed E-state index contributed by atoms with van der Waals surface area (Å²) in [6.45, 7) is 8.58. The topological polar surface area (TPSA) is 93.7 Å². The van der Waals surface area contributed by atoms with Gasteiger partial charge < -0.3 is 19.7 Å². The maximum Gasteiger partial charge on any atom is 0.419 e. The van der Waals surface area contributed by atoms with E-state index in [1.165, 1.54) is 0 Å². The molecule has 1 aliphatic rings. The number of benzene rings is 2. The zero-order valence-corrected chi connectivity index (χ0v) is 24.9. The number of hydrogen-bond acceptors (Lipinski definition) is 7. The molecule has 0 bridgehead atoms. The Hall–Kier alpha value is -4.15. The number of esters is 1. The molecule has 0 unspecified atom stereocenters. The molecule has 0 fully saturated rings. The summed E-state index contributed by atoms with van der Waals surface area (Å²) in [4.78, 5) is 34.5. The first-order valence-corrected chi connectivity index (χ1v) is 14.3. The molecule has 4 rings (SSSR count). The number of aryl methyl sites for hydroxylation is 2. The molecule has 230 valence electrons. The summed E-state index contributed by atoms with van der Waals surface area (Å²) >= 11 is 0. The van der Waals surface area contributed by atoms with Crippen molar-refractivity contribution in [2.75, 3.05) is 18.5 Å². The normalized spacial score (nSPS) is 13.3. The number of aromatic nitrogens is 2. The highest BCUT2D eigenvalue weighted by atomic mass is 19.4. The van der Waals surface area contributed by atoms with E-state index in [0.717, 1.165) is 22.9 Å². The van der Waals surface area contributed by atoms with E-state index in [2.05, 4.69) is 15.3 Å². The van der Waals surface area contributed by atoms with Gasteiger partial charge in [-0.3, -0.25) is 4.79 Å². The van der Waals surface area contributed by atoms with Crippen LogP contribution in [0.4, 0.5) is 29.6 Å². The number of amides is 1. The molecule has 1 amide bonds. The lowest BCUT2D eigenvalue weighted by Crippen LogP contribution is -2.39. The van der Waals surface area contributed by atoms with Gasteiger partial charge in [-0.25, -0.2) is 14.8 Å². The third-order valence-electron chi connectivity index (χ3n) is 6.85. The molecule has 1 N–H and O–H groups in total. The monoisotopic (exact) mass is 598 g/mol. The Bertz CT molecular complexity index is 1450. The van der Waals surface area contributed by atoms with Gasteiger partial charge in [-0.2, -0.15) is 13.2 Å². The average Bonchev–Trinajstić information content (AvgIpc) is 2.94. The van der Waals surface area contributed by atoms with Crippen molar-refractivity contribution in [1.29, 1.82) is 0 Å². The van der Waals surface area contributed by atoms with Crippen LogP contribution in [0.1, 0.15) is 67.6 Å². The fourth-order valence-corrected chi connectivity index (χ4v) is 4.80. The Morgan fingerprint density at radius 3 is 2.47 bits per heavy atom. The predicted molar refractivity (Wildman–Crippen MR) is 156 cm³/mol. The highest BCUT2D eigenvalue weighted by molar-refractivity contribution is 5.73. The number of nitrogens with zero attached hydrogens (tertiary/aromatic N) is 3. The minimum absolute atomic E-state index is 0.00223. The third kappa shape index (κ3) is 8.92. The standard InChI is InChI=1S/C32H37F3N4O4/c1-5-16-42-28(40)18-22-9-7-6-8-21(22)11-13-27-26(32(33,34)35)19-36-29(38-27)37-25-12-10-24-20-39(15-14-23(24)17-25)30(41)43-31(2,3)4/h6-10,12,17,19H,5,11,13-16,18,20H2,1-4H3,(H,36,37,38). The minimum Gasteiger partial charge on any atom is -0.465 e. The summed E-state index contributed by atoms with van der Waals surface area (Å²) in [5.74, 6) is -0.327. The van der Waals surface area contributed by atoms with Gasteiger partial charge in [0.25, 0.3) is 0 Å². The highest BCUT2D eigenvalue weighted by Crippen LogP contribution is 2.33. The first-order chi connectivity index (χ1) is 20.3. The molecule has 2 aromatic carbocycles. The van der Waals surface area contributed by atoms with Gasteiger partial charge in [0, 0.05) is 25.0 Å². The van der Waals surface area contributed by atoms with Gasteiger partial charge in [0.05, 0.1) is 24.3 Å². The quantitative estimate of drug-likeness (QED) is 0.270. The lowest BCUT2D eigenvalue weighted by molar-refractivity contribution is -0.143. The molecule has 0 radical (unpaired) electrons. The molecule has 0 saturated heterocycles. The van der Waals surface area contributed by atoms with Crippen molar-refractivity contribution in [3.05, 3.63) is 82.2 Å². The second-order valence-corrected chi connectivity index (χ2v) is 11.5. The molecule has 0 atom stereocenters. The van der Waals surface area contributed by atoms with E-state index in [1.807, 2.05) is 39.8 Å². The van der Waals surface area contributed by atoms with Gasteiger partial charge in [0.15, 0.2) is 0 Å². The Kier molecular flexibility index (Phi) is 9.93. The van der Waals surface area contributed by atoms with Crippen molar-refractivity contribution in [3.63, 3.8) is 0 Å². The van der Waals surface area contributed by atoms with Crippen LogP contribution < -0.4 is 5.32 Å². The summed E-state index contributed by atoms with van der Waals surface area (Å²) in [6, 6.07) is 12.7. The van der Waals surface area contributed by atoms with Crippen molar-refractivity contribution in [1.82, 2.24) is 14.9 Å². The fraction of sp³-hybridized carbons (Fsp3) is 0.438. The number of hydrogen-bond donors (Lipinski definition) is 1. The summed E-state index contributed by atoms with van der Waals surface area (Å²) in [5, 5.41) is 3.04. The fourth-order valence-electron chi connectivity index (χ4n) is 4.80. The molecule has 2 heterocycles.